The molecule has 1 rings (SSSR count). The van der Waals surface area contributed by atoms with Gasteiger partial charge < -0.3 is 14.7 Å². The molecule has 0 heterocycles. The van der Waals surface area contributed by atoms with Gasteiger partial charge in [-0.3, -0.25) is 4.79 Å². The number of carboxylic acids is 1. The lowest BCUT2D eigenvalue weighted by molar-refractivity contribution is -0.147. The Morgan fingerprint density at radius 3 is 2.45 bits per heavy atom. The Balaban J connectivity index is 3.25. The summed E-state index contributed by atoms with van der Waals surface area (Å²) in [6.07, 6.45) is 0. The van der Waals surface area contributed by atoms with E-state index in [1.54, 1.807) is 13.0 Å². The van der Waals surface area contributed by atoms with Crippen molar-refractivity contribution in [2.24, 2.45) is 0 Å². The maximum Gasteiger partial charge on any atom is 0.329 e. The van der Waals surface area contributed by atoms with E-state index >= 15 is 0 Å². The van der Waals surface area contributed by atoms with Crippen LogP contribution in [0.15, 0.2) is 18.2 Å². The number of methoxy groups -OCH3 is 1. The summed E-state index contributed by atoms with van der Waals surface area (Å²) in [6, 6.07) is 4.62. The van der Waals surface area contributed by atoms with Crippen LogP contribution in [0.3, 0.4) is 0 Å². The van der Waals surface area contributed by atoms with Gasteiger partial charge in [0.05, 0.1) is 12.7 Å². The van der Waals surface area contributed by atoms with Gasteiger partial charge in [0.25, 0.3) is 5.91 Å². The van der Waals surface area contributed by atoms with E-state index in [0.29, 0.717) is 10.8 Å². The molecule has 0 bridgehead atoms. The molecule has 0 aliphatic carbocycles. The minimum Gasteiger partial charge on any atom is -0.496 e. The lowest BCUT2D eigenvalue weighted by Gasteiger charge is -2.34. The zero-order valence-electron chi connectivity index (χ0n) is 11.9. The van der Waals surface area contributed by atoms with Crippen molar-refractivity contribution < 1.29 is 19.4 Å². The molecule has 0 aromatic heterocycles. The van der Waals surface area contributed by atoms with E-state index in [-0.39, 0.29) is 12.1 Å². The second kappa shape index (κ2) is 6.13. The summed E-state index contributed by atoms with van der Waals surface area (Å²) in [5, 5.41) is 9.71. The van der Waals surface area contributed by atoms with E-state index < -0.39 is 17.4 Å². The van der Waals surface area contributed by atoms with Crippen LogP contribution in [0, 0.1) is 0 Å². The topological polar surface area (TPSA) is 66.8 Å². The van der Waals surface area contributed by atoms with E-state index in [0.717, 1.165) is 0 Å². The minimum atomic E-state index is -1.31. The monoisotopic (exact) mass is 299 g/mol. The van der Waals surface area contributed by atoms with Gasteiger partial charge >= 0.3 is 5.97 Å². The molecule has 6 heteroatoms. The number of carbonyl (C=O) groups is 2. The number of hydrogen-bond acceptors (Lipinski definition) is 3. The number of rotatable bonds is 5. The largest absolute Gasteiger partial charge is 0.496 e. The summed E-state index contributed by atoms with van der Waals surface area (Å²) in [7, 11) is 1.43. The smallest absolute Gasteiger partial charge is 0.329 e. The van der Waals surface area contributed by atoms with Gasteiger partial charge in [0.1, 0.15) is 11.3 Å². The first kappa shape index (κ1) is 16.3. The molecule has 0 saturated carbocycles. The number of carbonyl (C=O) groups excluding carboxylic acids is 1. The van der Waals surface area contributed by atoms with Crippen LogP contribution < -0.4 is 4.74 Å². The van der Waals surface area contributed by atoms with Crippen molar-refractivity contribution in [3.8, 4) is 5.75 Å². The molecule has 0 aliphatic rings. The molecule has 0 atom stereocenters. The number of benzene rings is 1. The Kier molecular flexibility index (Phi) is 5.00. The van der Waals surface area contributed by atoms with Crippen LogP contribution in [0.5, 0.6) is 5.75 Å². The second-order valence-electron chi connectivity index (χ2n) is 4.76. The lowest BCUT2D eigenvalue weighted by atomic mass is 10.0. The number of hydrogen-bond donors (Lipinski definition) is 1. The molecular weight excluding hydrogens is 282 g/mol. The van der Waals surface area contributed by atoms with Crippen LogP contribution in [0.25, 0.3) is 0 Å². The Morgan fingerprint density at radius 1 is 1.40 bits per heavy atom. The second-order valence-corrected chi connectivity index (χ2v) is 5.19. The predicted octanol–water partition coefficient (Wildman–Crippen LogP) is 2.67. The Hall–Kier alpha value is -1.75. The SMILES string of the molecule is CCN(C(=O)c1ccc(Cl)cc1OC)C(C)(C)C(=O)O. The lowest BCUT2D eigenvalue weighted by Crippen LogP contribution is -2.52. The summed E-state index contributed by atoms with van der Waals surface area (Å²) < 4.78 is 5.14. The highest BCUT2D eigenvalue weighted by molar-refractivity contribution is 6.30. The Bertz CT molecular complexity index is 528. The van der Waals surface area contributed by atoms with Crippen LogP contribution in [-0.4, -0.2) is 41.1 Å². The van der Waals surface area contributed by atoms with Gasteiger partial charge in [-0.25, -0.2) is 4.79 Å². The van der Waals surface area contributed by atoms with Gasteiger partial charge in [-0.15, -0.1) is 0 Å². The summed E-state index contributed by atoms with van der Waals surface area (Å²) >= 11 is 5.86. The molecule has 0 radical (unpaired) electrons. The number of likely N-dealkylation sites (N-methyl/N-ethyl adjacent to an activating group) is 1. The fraction of sp³-hybridized carbons (Fsp3) is 0.429. The Morgan fingerprint density at radius 2 is 2.00 bits per heavy atom. The normalized spacial score (nSPS) is 11.1. The van der Waals surface area contributed by atoms with Crippen LogP contribution in [0.2, 0.25) is 5.02 Å². The quantitative estimate of drug-likeness (QED) is 0.907. The zero-order chi connectivity index (χ0) is 15.5. The average Bonchev–Trinajstić information content (AvgIpc) is 2.38. The molecule has 110 valence electrons. The molecule has 20 heavy (non-hydrogen) atoms. The van der Waals surface area contributed by atoms with Crippen molar-refractivity contribution in [2.45, 2.75) is 26.3 Å². The van der Waals surface area contributed by atoms with Gasteiger partial charge in [-0.1, -0.05) is 11.6 Å². The first-order valence-corrected chi connectivity index (χ1v) is 6.52. The van der Waals surface area contributed by atoms with Crippen molar-refractivity contribution >= 4 is 23.5 Å². The van der Waals surface area contributed by atoms with Crippen molar-refractivity contribution in [1.82, 2.24) is 4.90 Å². The molecule has 1 N–H and O–H groups in total. The maximum absolute atomic E-state index is 12.6. The highest BCUT2D eigenvalue weighted by Gasteiger charge is 2.38. The van der Waals surface area contributed by atoms with Crippen molar-refractivity contribution in [2.75, 3.05) is 13.7 Å². The third kappa shape index (κ3) is 3.04. The third-order valence-electron chi connectivity index (χ3n) is 3.15. The molecule has 1 aromatic carbocycles. The van der Waals surface area contributed by atoms with Crippen LogP contribution in [0.4, 0.5) is 0 Å². The summed E-state index contributed by atoms with van der Waals surface area (Å²) in [5.74, 6) is -1.16. The number of ether oxygens (including phenoxy) is 1. The van der Waals surface area contributed by atoms with E-state index in [1.165, 1.54) is 38.0 Å². The van der Waals surface area contributed by atoms with Crippen LogP contribution in [0.1, 0.15) is 31.1 Å². The zero-order valence-corrected chi connectivity index (χ0v) is 12.7. The maximum atomic E-state index is 12.6. The van der Waals surface area contributed by atoms with Gasteiger partial charge in [-0.05, 0) is 39.0 Å². The summed E-state index contributed by atoms with van der Waals surface area (Å²) in [4.78, 5) is 25.2. The summed E-state index contributed by atoms with van der Waals surface area (Å²) in [5.41, 5.74) is -1.02. The van der Waals surface area contributed by atoms with Gasteiger partial charge in [0.15, 0.2) is 0 Å². The standard InChI is InChI=1S/C14H18ClNO4/c1-5-16(14(2,3)13(18)19)12(17)10-7-6-9(15)8-11(10)20-4/h6-8H,5H2,1-4H3,(H,18,19). The number of aliphatic carboxylic acids is 1. The van der Waals surface area contributed by atoms with Gasteiger partial charge in [0, 0.05) is 11.6 Å². The molecular formula is C14H18ClNO4. The van der Waals surface area contributed by atoms with E-state index in [1.807, 2.05) is 0 Å². The van der Waals surface area contributed by atoms with Crippen LogP contribution >= 0.6 is 11.6 Å². The first-order valence-electron chi connectivity index (χ1n) is 6.14. The van der Waals surface area contributed by atoms with Crippen molar-refractivity contribution in [3.63, 3.8) is 0 Å². The molecule has 0 aliphatic heterocycles. The molecule has 0 fully saturated rings. The number of nitrogens with zero attached hydrogens (tertiary/aromatic N) is 1. The molecule has 5 nitrogen and oxygen atoms in total. The van der Waals surface area contributed by atoms with Crippen molar-refractivity contribution in [1.29, 1.82) is 0 Å². The third-order valence-corrected chi connectivity index (χ3v) is 3.39. The highest BCUT2D eigenvalue weighted by atomic mass is 35.5. The molecule has 1 amide bonds. The van der Waals surface area contributed by atoms with Crippen LogP contribution in [-0.2, 0) is 4.79 Å². The fourth-order valence-corrected chi connectivity index (χ4v) is 2.06. The van der Waals surface area contributed by atoms with E-state index in [2.05, 4.69) is 0 Å². The molecule has 0 unspecified atom stereocenters. The average molecular weight is 300 g/mol. The predicted molar refractivity (Wildman–Crippen MR) is 76.4 cm³/mol. The van der Waals surface area contributed by atoms with Gasteiger partial charge in [0.2, 0.25) is 0 Å². The summed E-state index contributed by atoms with van der Waals surface area (Å²) in [6.45, 7) is 4.97. The van der Waals surface area contributed by atoms with Gasteiger partial charge in [-0.2, -0.15) is 0 Å². The first-order chi connectivity index (χ1) is 9.25. The van der Waals surface area contributed by atoms with E-state index in [4.69, 9.17) is 16.3 Å². The Labute approximate surface area is 123 Å². The highest BCUT2D eigenvalue weighted by Crippen LogP contribution is 2.27. The number of halogens is 1. The van der Waals surface area contributed by atoms with Crippen molar-refractivity contribution in [3.05, 3.63) is 28.8 Å². The molecule has 0 spiro atoms. The molecule has 0 saturated heterocycles. The number of carboxylic acid groups (broad SMARTS) is 1. The van der Waals surface area contributed by atoms with E-state index in [9.17, 15) is 14.7 Å². The fourth-order valence-electron chi connectivity index (χ4n) is 1.90. The molecule has 1 aromatic rings. The minimum absolute atomic E-state index is 0.268. The number of amides is 1.